The normalized spacial score (nSPS) is 26.2. The molecule has 1 N–H and O–H groups in total. The first-order valence-electron chi connectivity index (χ1n) is 8.74. The summed E-state index contributed by atoms with van der Waals surface area (Å²) in [5.74, 6) is -0.0579. The van der Waals surface area contributed by atoms with Crippen LogP contribution in [0.2, 0.25) is 0 Å². The van der Waals surface area contributed by atoms with Crippen LogP contribution in [0.1, 0.15) is 44.6 Å². The zero-order chi connectivity index (χ0) is 18.1. The molecule has 3 unspecified atom stereocenters. The summed E-state index contributed by atoms with van der Waals surface area (Å²) in [5, 5.41) is 3.68. The van der Waals surface area contributed by atoms with Crippen LogP contribution in [0, 0.1) is 11.8 Å². The number of hydrogen-bond acceptors (Lipinski definition) is 4. The van der Waals surface area contributed by atoms with Gasteiger partial charge in [0.2, 0.25) is 5.91 Å². The molecule has 0 spiro atoms. The second-order valence-corrected chi connectivity index (χ2v) is 7.50. The molecule has 0 radical (unpaired) electrons. The van der Waals surface area contributed by atoms with Gasteiger partial charge in [-0.2, -0.15) is 0 Å². The molecule has 1 amide bonds. The van der Waals surface area contributed by atoms with Crippen molar-refractivity contribution in [3.05, 3.63) is 29.8 Å². The number of rotatable bonds is 3. The van der Waals surface area contributed by atoms with Crippen molar-refractivity contribution in [2.75, 3.05) is 12.0 Å². The van der Waals surface area contributed by atoms with Crippen molar-refractivity contribution in [3.63, 3.8) is 0 Å². The van der Waals surface area contributed by atoms with Crippen LogP contribution in [0.5, 0.6) is 0 Å². The fourth-order valence-corrected chi connectivity index (χ4v) is 4.10. The van der Waals surface area contributed by atoms with Crippen LogP contribution in [-0.2, 0) is 14.3 Å². The highest BCUT2D eigenvalue weighted by atomic mass is 32.1. The molecule has 1 aliphatic carbocycles. The zero-order valence-corrected chi connectivity index (χ0v) is 15.6. The summed E-state index contributed by atoms with van der Waals surface area (Å²) in [5.41, 5.74) is 2.02. The molecule has 1 saturated carbocycles. The Hall–Kier alpha value is -1.95. The minimum Gasteiger partial charge on any atom is -0.469 e. The van der Waals surface area contributed by atoms with Crippen LogP contribution in [0.3, 0.4) is 0 Å². The molecule has 0 bridgehead atoms. The lowest BCUT2D eigenvalue weighted by Crippen LogP contribution is -2.62. The lowest BCUT2D eigenvalue weighted by molar-refractivity contribution is -0.148. The molecule has 2 fully saturated rings. The number of nitrogens with zero attached hydrogens (tertiary/aromatic N) is 1. The number of carbonyl (C=O) groups is 2. The van der Waals surface area contributed by atoms with Gasteiger partial charge in [0.1, 0.15) is 0 Å². The number of fused-ring (bicyclic) bond motifs is 1. The molecule has 5 nitrogen and oxygen atoms in total. The van der Waals surface area contributed by atoms with Crippen LogP contribution in [0.4, 0.5) is 5.69 Å². The van der Waals surface area contributed by atoms with Crippen LogP contribution in [0.25, 0.3) is 0 Å². The van der Waals surface area contributed by atoms with Crippen molar-refractivity contribution in [3.8, 4) is 0 Å². The summed E-state index contributed by atoms with van der Waals surface area (Å²) in [7, 11) is 1.40. The van der Waals surface area contributed by atoms with E-state index in [1.165, 1.54) is 12.7 Å². The molecule has 1 saturated heterocycles. The van der Waals surface area contributed by atoms with Crippen molar-refractivity contribution >= 4 is 34.9 Å². The number of amides is 1. The molecule has 1 aromatic carbocycles. The van der Waals surface area contributed by atoms with E-state index in [0.717, 1.165) is 5.69 Å². The molecule has 2 aliphatic rings. The Morgan fingerprint density at radius 3 is 2.56 bits per heavy atom. The Labute approximate surface area is 153 Å². The standard InChI is InChI=1S/C19H24N2O3S/c1-11(2)12-4-7-14(8-5-12)21-17(22)15-9-6-13(18(23)24-3)10-16(15)20-19(21)25/h4-5,7-8,11,13,15-16H,6,9-10H2,1-3H3,(H,20,25). The van der Waals surface area contributed by atoms with E-state index < -0.39 is 0 Å². The van der Waals surface area contributed by atoms with Crippen LogP contribution in [-0.4, -0.2) is 30.1 Å². The first kappa shape index (κ1) is 17.9. The monoisotopic (exact) mass is 360 g/mol. The number of methoxy groups -OCH3 is 1. The predicted octanol–water partition coefficient (Wildman–Crippen LogP) is 2.99. The van der Waals surface area contributed by atoms with Gasteiger partial charge < -0.3 is 10.1 Å². The third kappa shape index (κ3) is 3.40. The molecule has 6 heteroatoms. The van der Waals surface area contributed by atoms with Gasteiger partial charge in [0.05, 0.1) is 24.6 Å². The highest BCUT2D eigenvalue weighted by Crippen LogP contribution is 2.35. The molecule has 134 valence electrons. The molecule has 1 aliphatic heterocycles. The summed E-state index contributed by atoms with van der Waals surface area (Å²) < 4.78 is 4.85. The maximum absolute atomic E-state index is 13.0. The van der Waals surface area contributed by atoms with E-state index in [2.05, 4.69) is 19.2 Å². The van der Waals surface area contributed by atoms with Gasteiger partial charge in [-0.15, -0.1) is 0 Å². The van der Waals surface area contributed by atoms with Gasteiger partial charge in [-0.1, -0.05) is 26.0 Å². The fraction of sp³-hybridized carbons (Fsp3) is 0.526. The van der Waals surface area contributed by atoms with Crippen molar-refractivity contribution in [1.82, 2.24) is 5.32 Å². The SMILES string of the molecule is COC(=O)C1CCC2C(=O)N(c3ccc(C(C)C)cc3)C(=S)NC2C1. The Balaban J connectivity index is 1.78. The number of anilines is 1. The van der Waals surface area contributed by atoms with Crippen LogP contribution in [0.15, 0.2) is 24.3 Å². The van der Waals surface area contributed by atoms with Crippen molar-refractivity contribution in [2.45, 2.75) is 45.1 Å². The predicted molar refractivity (Wildman–Crippen MR) is 100 cm³/mol. The van der Waals surface area contributed by atoms with E-state index in [-0.39, 0.29) is 29.8 Å². The minimum atomic E-state index is -0.203. The van der Waals surface area contributed by atoms with Crippen LogP contribution >= 0.6 is 12.2 Å². The lowest BCUT2D eigenvalue weighted by Gasteiger charge is -2.43. The number of ether oxygens (including phenoxy) is 1. The summed E-state index contributed by atoms with van der Waals surface area (Å²) in [4.78, 5) is 26.4. The topological polar surface area (TPSA) is 58.6 Å². The third-order valence-electron chi connectivity index (χ3n) is 5.25. The molecular weight excluding hydrogens is 336 g/mol. The van der Waals surface area contributed by atoms with Gasteiger partial charge in [0.25, 0.3) is 0 Å². The number of carbonyl (C=O) groups excluding carboxylic acids is 2. The lowest BCUT2D eigenvalue weighted by atomic mass is 9.76. The molecule has 0 aromatic heterocycles. The molecule has 3 rings (SSSR count). The Kier molecular flexibility index (Phi) is 5.08. The number of nitrogens with one attached hydrogen (secondary N) is 1. The van der Waals surface area contributed by atoms with Gasteiger partial charge in [0.15, 0.2) is 5.11 Å². The number of benzene rings is 1. The van der Waals surface area contributed by atoms with Gasteiger partial charge in [-0.05, 0) is 55.1 Å². The van der Waals surface area contributed by atoms with Gasteiger partial charge in [0, 0.05) is 6.04 Å². The molecule has 3 atom stereocenters. The molecular formula is C19H24N2O3S. The zero-order valence-electron chi connectivity index (χ0n) is 14.8. The maximum atomic E-state index is 13.0. The average Bonchev–Trinajstić information content (AvgIpc) is 2.61. The first-order chi connectivity index (χ1) is 11.9. The second-order valence-electron chi connectivity index (χ2n) is 7.12. The van der Waals surface area contributed by atoms with Gasteiger partial charge >= 0.3 is 5.97 Å². The van der Waals surface area contributed by atoms with E-state index in [1.54, 1.807) is 4.90 Å². The van der Waals surface area contributed by atoms with E-state index in [9.17, 15) is 9.59 Å². The minimum absolute atomic E-state index is 0.0226. The summed E-state index contributed by atoms with van der Waals surface area (Å²) in [6.07, 6.45) is 1.93. The van der Waals surface area contributed by atoms with Crippen LogP contribution < -0.4 is 10.2 Å². The van der Waals surface area contributed by atoms with E-state index >= 15 is 0 Å². The average molecular weight is 360 g/mol. The smallest absolute Gasteiger partial charge is 0.308 e. The Morgan fingerprint density at radius 2 is 1.96 bits per heavy atom. The van der Waals surface area contributed by atoms with Crippen molar-refractivity contribution < 1.29 is 14.3 Å². The number of hydrogen-bond donors (Lipinski definition) is 1. The summed E-state index contributed by atoms with van der Waals surface area (Å²) >= 11 is 5.45. The second kappa shape index (κ2) is 7.12. The van der Waals surface area contributed by atoms with Gasteiger partial charge in [-0.25, -0.2) is 0 Å². The number of esters is 1. The highest BCUT2D eigenvalue weighted by Gasteiger charge is 2.44. The molecule has 1 aromatic rings. The number of thiocarbonyl (C=S) groups is 1. The summed E-state index contributed by atoms with van der Waals surface area (Å²) in [6.45, 7) is 4.27. The highest BCUT2D eigenvalue weighted by molar-refractivity contribution is 7.80. The van der Waals surface area contributed by atoms with Crippen molar-refractivity contribution in [1.29, 1.82) is 0 Å². The summed E-state index contributed by atoms with van der Waals surface area (Å²) in [6, 6.07) is 7.87. The first-order valence-corrected chi connectivity index (χ1v) is 9.15. The maximum Gasteiger partial charge on any atom is 0.308 e. The van der Waals surface area contributed by atoms with Gasteiger partial charge in [-0.3, -0.25) is 14.5 Å². The molecule has 1 heterocycles. The van der Waals surface area contributed by atoms with E-state index in [4.69, 9.17) is 17.0 Å². The van der Waals surface area contributed by atoms with E-state index in [0.29, 0.717) is 30.3 Å². The molecule has 25 heavy (non-hydrogen) atoms. The Morgan fingerprint density at radius 1 is 1.28 bits per heavy atom. The van der Waals surface area contributed by atoms with E-state index in [1.807, 2.05) is 24.3 Å². The largest absolute Gasteiger partial charge is 0.469 e. The quantitative estimate of drug-likeness (QED) is 0.663. The third-order valence-corrected chi connectivity index (χ3v) is 5.55. The van der Waals surface area contributed by atoms with Crippen molar-refractivity contribution in [2.24, 2.45) is 11.8 Å². The fourth-order valence-electron chi connectivity index (χ4n) is 3.75. The Bertz CT molecular complexity index is 686.